The van der Waals surface area contributed by atoms with Crippen molar-refractivity contribution < 1.29 is 14.4 Å². The van der Waals surface area contributed by atoms with Crippen LogP contribution >= 0.6 is 11.6 Å². The molecule has 0 aromatic heterocycles. The van der Waals surface area contributed by atoms with E-state index in [1.165, 1.54) is 11.8 Å². The zero-order valence-corrected chi connectivity index (χ0v) is 21.9. The first-order valence-corrected chi connectivity index (χ1v) is 12.3. The van der Waals surface area contributed by atoms with Crippen LogP contribution in [0.25, 0.3) is 6.08 Å². The molecule has 38 heavy (non-hydrogen) atoms. The smallest absolute Gasteiger partial charge is 0.345 e. The van der Waals surface area contributed by atoms with Crippen LogP contribution in [-0.4, -0.2) is 70.3 Å². The molecule has 2 aromatic rings. The summed E-state index contributed by atoms with van der Waals surface area (Å²) in [6, 6.07) is 10.1. The highest BCUT2D eigenvalue weighted by molar-refractivity contribution is 6.30. The Kier molecular flexibility index (Phi) is 7.95. The van der Waals surface area contributed by atoms with Crippen molar-refractivity contribution in [2.75, 3.05) is 24.7 Å². The van der Waals surface area contributed by atoms with E-state index in [1.807, 2.05) is 49.3 Å². The van der Waals surface area contributed by atoms with Crippen LogP contribution in [-0.2, 0) is 11.3 Å². The summed E-state index contributed by atoms with van der Waals surface area (Å²) in [5.74, 6) is 5.27. The van der Waals surface area contributed by atoms with Gasteiger partial charge in [-0.15, -0.1) is 4.91 Å². The number of halogens is 1. The molecule has 4 N–H and O–H groups in total. The van der Waals surface area contributed by atoms with Gasteiger partial charge in [-0.05, 0) is 68.6 Å². The molecule has 0 aliphatic carbocycles. The highest BCUT2D eigenvalue weighted by Crippen LogP contribution is 2.29. The van der Waals surface area contributed by atoms with Crippen LogP contribution in [0.2, 0.25) is 5.02 Å². The fourth-order valence-electron chi connectivity index (χ4n) is 4.32. The Morgan fingerprint density at radius 2 is 1.89 bits per heavy atom. The zero-order chi connectivity index (χ0) is 27.6. The van der Waals surface area contributed by atoms with Crippen molar-refractivity contribution in [3.05, 3.63) is 69.6 Å². The predicted molar refractivity (Wildman–Crippen MR) is 145 cm³/mol. The van der Waals surface area contributed by atoms with Crippen molar-refractivity contribution in [2.24, 2.45) is 11.0 Å². The van der Waals surface area contributed by atoms with Gasteiger partial charge in [-0.1, -0.05) is 29.8 Å². The second-order valence-corrected chi connectivity index (χ2v) is 9.80. The molecule has 12 nitrogen and oxygen atoms in total. The molecular weight excluding hydrogens is 512 g/mol. The Labute approximate surface area is 224 Å². The lowest BCUT2D eigenvalue weighted by Gasteiger charge is -2.47. The van der Waals surface area contributed by atoms with E-state index < -0.39 is 36.7 Å². The highest BCUT2D eigenvalue weighted by atomic mass is 35.5. The van der Waals surface area contributed by atoms with Crippen molar-refractivity contribution in [2.45, 2.75) is 38.4 Å². The SMILES string of the molecule is C[C@@H](CC(=O)N=O)N1C(=O)N(N)C(Nc2ccc3c(c2)C=CC(N(C)C)N3)N(Cc2ccc(Cl)cc2)C1=O. The van der Waals surface area contributed by atoms with Crippen molar-refractivity contribution >= 4 is 47.0 Å². The van der Waals surface area contributed by atoms with E-state index in [4.69, 9.17) is 17.4 Å². The fourth-order valence-corrected chi connectivity index (χ4v) is 4.45. The van der Waals surface area contributed by atoms with Crippen LogP contribution in [0.4, 0.5) is 21.0 Å². The number of nitroso groups, excluding NO2 is 1. The van der Waals surface area contributed by atoms with Gasteiger partial charge in [0.25, 0.3) is 5.91 Å². The molecule has 0 bridgehead atoms. The third kappa shape index (κ3) is 5.62. The molecule has 0 spiro atoms. The Morgan fingerprint density at radius 3 is 2.55 bits per heavy atom. The number of urea groups is 2. The van der Waals surface area contributed by atoms with Gasteiger partial charge in [0.15, 0.2) is 0 Å². The van der Waals surface area contributed by atoms with Crippen LogP contribution in [0.3, 0.4) is 0 Å². The lowest BCUT2D eigenvalue weighted by atomic mass is 10.1. The van der Waals surface area contributed by atoms with Crippen LogP contribution in [0.1, 0.15) is 24.5 Å². The molecule has 1 saturated heterocycles. The Bertz CT molecular complexity index is 1270. The monoisotopic (exact) mass is 540 g/mol. The highest BCUT2D eigenvalue weighted by Gasteiger charge is 2.45. The van der Waals surface area contributed by atoms with Gasteiger partial charge in [-0.3, -0.25) is 14.6 Å². The quantitative estimate of drug-likeness (QED) is 0.261. The predicted octanol–water partition coefficient (Wildman–Crippen LogP) is 3.67. The first kappa shape index (κ1) is 27.0. The van der Waals surface area contributed by atoms with Gasteiger partial charge in [-0.2, -0.15) is 0 Å². The number of hydrazine groups is 1. The van der Waals surface area contributed by atoms with Crippen molar-refractivity contribution in [1.29, 1.82) is 0 Å². The maximum Gasteiger partial charge on any atom is 0.345 e. The molecule has 0 radical (unpaired) electrons. The van der Waals surface area contributed by atoms with Gasteiger partial charge in [-0.25, -0.2) is 25.3 Å². The average Bonchev–Trinajstić information content (AvgIpc) is 2.89. The second kappa shape index (κ2) is 11.2. The summed E-state index contributed by atoms with van der Waals surface area (Å²) in [4.78, 5) is 53.3. The third-order valence-electron chi connectivity index (χ3n) is 6.38. The number of likely N-dealkylation sites (N-methyl/N-ethyl adjacent to an activating group) is 1. The number of rotatable bonds is 8. The summed E-state index contributed by atoms with van der Waals surface area (Å²) in [5, 5.41) is 10.4. The molecule has 2 unspecified atom stereocenters. The number of anilines is 2. The van der Waals surface area contributed by atoms with E-state index in [-0.39, 0.29) is 12.7 Å². The number of amides is 5. The second-order valence-electron chi connectivity index (χ2n) is 9.37. The van der Waals surface area contributed by atoms with E-state index >= 15 is 0 Å². The number of carbonyl (C=O) groups is 3. The number of imide groups is 1. The van der Waals surface area contributed by atoms with Gasteiger partial charge in [0.1, 0.15) is 0 Å². The van der Waals surface area contributed by atoms with E-state index in [0.717, 1.165) is 26.7 Å². The summed E-state index contributed by atoms with van der Waals surface area (Å²) in [6.45, 7) is 1.55. The molecule has 5 amide bonds. The van der Waals surface area contributed by atoms with E-state index in [9.17, 15) is 19.3 Å². The van der Waals surface area contributed by atoms with Crippen molar-refractivity contribution in [3.63, 3.8) is 0 Å². The molecule has 3 atom stereocenters. The third-order valence-corrected chi connectivity index (χ3v) is 6.63. The van der Waals surface area contributed by atoms with Gasteiger partial charge < -0.3 is 10.6 Å². The number of hydrogen-bond donors (Lipinski definition) is 3. The number of benzene rings is 2. The van der Waals surface area contributed by atoms with Crippen LogP contribution < -0.4 is 16.5 Å². The van der Waals surface area contributed by atoms with Gasteiger partial charge in [0.2, 0.25) is 6.29 Å². The van der Waals surface area contributed by atoms with Crippen molar-refractivity contribution in [3.8, 4) is 0 Å². The summed E-state index contributed by atoms with van der Waals surface area (Å²) >= 11 is 6.02. The number of nitrogens with one attached hydrogen (secondary N) is 2. The lowest BCUT2D eigenvalue weighted by molar-refractivity contribution is -0.118. The minimum atomic E-state index is -1.05. The van der Waals surface area contributed by atoms with E-state index in [0.29, 0.717) is 10.7 Å². The fraction of sp³-hybridized carbons (Fsp3) is 0.320. The summed E-state index contributed by atoms with van der Waals surface area (Å²) in [6.07, 6.45) is 2.60. The standard InChI is InChI=1S/C25H29ClN8O4/c1-15(12-22(35)30-38)33-24(36)32(14-16-4-7-18(26)8-5-16)23(34(27)25(33)37)28-19-9-10-20-17(13-19)6-11-21(29-20)31(2)3/h4-11,13,15,21,23,28-29H,12,14,27H2,1-3H3/t15-,21?,23?/m0/s1. The zero-order valence-electron chi connectivity index (χ0n) is 21.2. The normalized spacial score (nSPS) is 19.8. The number of fused-ring (bicyclic) bond motifs is 1. The molecule has 2 heterocycles. The number of nitrogens with zero attached hydrogens (tertiary/aromatic N) is 5. The average molecular weight is 541 g/mol. The van der Waals surface area contributed by atoms with Gasteiger partial charge in [0.05, 0.1) is 19.1 Å². The Balaban J connectivity index is 1.64. The number of hydrogen-bond acceptors (Lipinski definition) is 8. The first-order valence-electron chi connectivity index (χ1n) is 11.9. The molecule has 2 aliphatic rings. The molecule has 1 fully saturated rings. The van der Waals surface area contributed by atoms with Crippen LogP contribution in [0.15, 0.2) is 53.7 Å². The maximum absolute atomic E-state index is 13.6. The molecule has 0 saturated carbocycles. The number of nitrogens with two attached hydrogens (primary N) is 1. The van der Waals surface area contributed by atoms with Crippen LogP contribution in [0.5, 0.6) is 0 Å². The largest absolute Gasteiger partial charge is 0.366 e. The number of carbonyl (C=O) groups excluding carboxylic acids is 3. The molecule has 200 valence electrons. The summed E-state index contributed by atoms with van der Waals surface area (Å²) in [5.41, 5.74) is 3.22. The Hall–Kier alpha value is -4.00. The Morgan fingerprint density at radius 1 is 1.18 bits per heavy atom. The summed E-state index contributed by atoms with van der Waals surface area (Å²) in [7, 11) is 3.95. The van der Waals surface area contributed by atoms with Crippen LogP contribution in [0, 0.1) is 4.91 Å². The minimum absolute atomic E-state index is 0.0542. The molecule has 2 aliphatic heterocycles. The van der Waals surface area contributed by atoms with E-state index in [2.05, 4.69) is 15.8 Å². The molecular formula is C25H29ClN8O4. The molecule has 4 rings (SSSR count). The maximum atomic E-state index is 13.6. The molecule has 13 heteroatoms. The van der Waals surface area contributed by atoms with Gasteiger partial charge >= 0.3 is 12.1 Å². The minimum Gasteiger partial charge on any atom is -0.366 e. The molecule has 2 aromatic carbocycles. The lowest BCUT2D eigenvalue weighted by Crippen LogP contribution is -2.71. The van der Waals surface area contributed by atoms with E-state index in [1.54, 1.807) is 24.3 Å². The van der Waals surface area contributed by atoms with Gasteiger partial charge in [0, 0.05) is 27.6 Å². The van der Waals surface area contributed by atoms with Crippen molar-refractivity contribution in [1.82, 2.24) is 19.7 Å². The topological polar surface area (TPSA) is 144 Å². The first-order chi connectivity index (χ1) is 18.1. The summed E-state index contributed by atoms with van der Waals surface area (Å²) < 4.78 is 0.